The van der Waals surface area contributed by atoms with Crippen molar-refractivity contribution in [3.05, 3.63) is 0 Å². The van der Waals surface area contributed by atoms with Crippen LogP contribution in [0, 0.1) is 0 Å². The summed E-state index contributed by atoms with van der Waals surface area (Å²) >= 11 is 0. The van der Waals surface area contributed by atoms with Crippen LogP contribution in [0.2, 0.25) is 0 Å². The lowest BCUT2D eigenvalue weighted by atomic mass is 9.99. The molecule has 0 radical (unpaired) electrons. The molecule has 1 fully saturated rings. The Morgan fingerprint density at radius 1 is 0.905 bits per heavy atom. The predicted octanol–water partition coefficient (Wildman–Crippen LogP) is -5.12. The van der Waals surface area contributed by atoms with Crippen molar-refractivity contribution >= 4 is 0 Å². The standard InChI is InChI=1S/C11H22O10/c12-1-4(15)7(16)5(2-13)20-11-10(19)9(18)8(17)6(3-14)21-11/h4-19H,1-3H2/t4-,5+,6+,7+,8-,9-,10+,11+/m0/s1. The summed E-state index contributed by atoms with van der Waals surface area (Å²) in [5.74, 6) is 0. The summed E-state index contributed by atoms with van der Waals surface area (Å²) in [5, 5.41) is 74.7. The topological polar surface area (TPSA) is 180 Å². The van der Waals surface area contributed by atoms with Gasteiger partial charge in [0.2, 0.25) is 0 Å². The zero-order valence-corrected chi connectivity index (χ0v) is 11.1. The molecule has 0 saturated carbocycles. The van der Waals surface area contributed by atoms with Gasteiger partial charge in [-0.1, -0.05) is 0 Å². The maximum atomic E-state index is 9.73. The third kappa shape index (κ3) is 4.29. The fraction of sp³-hybridized carbons (Fsp3) is 1.00. The van der Waals surface area contributed by atoms with Gasteiger partial charge in [-0.25, -0.2) is 0 Å². The lowest BCUT2D eigenvalue weighted by molar-refractivity contribution is -0.321. The van der Waals surface area contributed by atoms with Crippen molar-refractivity contribution in [1.82, 2.24) is 0 Å². The van der Waals surface area contributed by atoms with Gasteiger partial charge in [-0.05, 0) is 0 Å². The highest BCUT2D eigenvalue weighted by Gasteiger charge is 2.45. The second-order valence-corrected chi connectivity index (χ2v) is 4.79. The van der Waals surface area contributed by atoms with Crippen LogP contribution >= 0.6 is 0 Å². The van der Waals surface area contributed by atoms with E-state index in [1.807, 2.05) is 0 Å². The molecular formula is C11H22O10. The van der Waals surface area contributed by atoms with Crippen molar-refractivity contribution in [3.63, 3.8) is 0 Å². The second-order valence-electron chi connectivity index (χ2n) is 4.79. The summed E-state index contributed by atoms with van der Waals surface area (Å²) in [7, 11) is 0. The van der Waals surface area contributed by atoms with E-state index in [-0.39, 0.29) is 0 Å². The molecule has 8 N–H and O–H groups in total. The first kappa shape index (κ1) is 18.6. The van der Waals surface area contributed by atoms with Crippen LogP contribution in [0.1, 0.15) is 0 Å². The van der Waals surface area contributed by atoms with Crippen LogP contribution in [0.4, 0.5) is 0 Å². The molecule has 21 heavy (non-hydrogen) atoms. The molecule has 0 bridgehead atoms. The average Bonchev–Trinajstić information content (AvgIpc) is 2.50. The highest BCUT2D eigenvalue weighted by Crippen LogP contribution is 2.23. The first-order valence-electron chi connectivity index (χ1n) is 6.41. The number of ether oxygens (including phenoxy) is 2. The SMILES string of the molecule is OC[C@H](O)[C@@H](O)[C@@H](CO)O[C@@H]1O[C@H](CO)[C@H](O)[C@H](O)[C@H]1O. The van der Waals surface area contributed by atoms with E-state index in [1.54, 1.807) is 0 Å². The van der Waals surface area contributed by atoms with E-state index in [4.69, 9.17) is 24.8 Å². The minimum atomic E-state index is -1.70. The molecule has 0 aromatic heterocycles. The second kappa shape index (κ2) is 8.29. The van der Waals surface area contributed by atoms with E-state index in [1.165, 1.54) is 0 Å². The first-order valence-corrected chi connectivity index (χ1v) is 6.41. The van der Waals surface area contributed by atoms with Gasteiger partial charge >= 0.3 is 0 Å². The van der Waals surface area contributed by atoms with Crippen LogP contribution < -0.4 is 0 Å². The molecule has 1 aliphatic heterocycles. The van der Waals surface area contributed by atoms with Crippen molar-refractivity contribution in [1.29, 1.82) is 0 Å². The van der Waals surface area contributed by atoms with Gasteiger partial charge < -0.3 is 50.3 Å². The summed E-state index contributed by atoms with van der Waals surface area (Å²) in [4.78, 5) is 0. The molecule has 1 rings (SSSR count). The van der Waals surface area contributed by atoms with Gasteiger partial charge in [-0.3, -0.25) is 0 Å². The monoisotopic (exact) mass is 314 g/mol. The maximum Gasteiger partial charge on any atom is 0.187 e. The van der Waals surface area contributed by atoms with E-state index in [9.17, 15) is 25.5 Å². The predicted molar refractivity (Wildman–Crippen MR) is 64.8 cm³/mol. The molecular weight excluding hydrogens is 292 g/mol. The first-order chi connectivity index (χ1) is 9.87. The van der Waals surface area contributed by atoms with E-state index < -0.39 is 68.8 Å². The number of rotatable bonds is 7. The Morgan fingerprint density at radius 3 is 2.00 bits per heavy atom. The molecule has 0 amide bonds. The van der Waals surface area contributed by atoms with Crippen LogP contribution in [-0.2, 0) is 9.47 Å². The zero-order chi connectivity index (χ0) is 16.2. The number of aliphatic hydroxyl groups excluding tert-OH is 8. The van der Waals surface area contributed by atoms with Crippen LogP contribution in [0.5, 0.6) is 0 Å². The van der Waals surface area contributed by atoms with Crippen LogP contribution in [0.15, 0.2) is 0 Å². The summed E-state index contributed by atoms with van der Waals surface area (Å²) in [6, 6.07) is 0. The lowest BCUT2D eigenvalue weighted by Crippen LogP contribution is -2.60. The summed E-state index contributed by atoms with van der Waals surface area (Å²) in [6.07, 6.45) is -12.4. The highest BCUT2D eigenvalue weighted by molar-refractivity contribution is 4.90. The van der Waals surface area contributed by atoms with Crippen molar-refractivity contribution in [2.45, 2.75) is 49.0 Å². The molecule has 8 atom stereocenters. The molecule has 1 heterocycles. The number of aliphatic hydroxyl groups is 8. The molecule has 0 aliphatic carbocycles. The smallest absolute Gasteiger partial charge is 0.187 e. The van der Waals surface area contributed by atoms with Gasteiger partial charge in [0.15, 0.2) is 6.29 Å². The van der Waals surface area contributed by atoms with E-state index in [2.05, 4.69) is 0 Å². The summed E-state index contributed by atoms with van der Waals surface area (Å²) < 4.78 is 10.1. The summed E-state index contributed by atoms with van der Waals surface area (Å²) in [6.45, 7) is -2.21. The highest BCUT2D eigenvalue weighted by atomic mass is 16.7. The van der Waals surface area contributed by atoms with E-state index >= 15 is 0 Å². The van der Waals surface area contributed by atoms with Gasteiger partial charge in [-0.2, -0.15) is 0 Å². The quantitative estimate of drug-likeness (QED) is 0.226. The third-order valence-electron chi connectivity index (χ3n) is 3.30. The number of hydrogen-bond acceptors (Lipinski definition) is 10. The van der Waals surface area contributed by atoms with Gasteiger partial charge in [0.1, 0.15) is 42.7 Å². The molecule has 0 aromatic rings. The Bertz CT molecular complexity index is 301. The Balaban J connectivity index is 2.74. The number of hydrogen-bond donors (Lipinski definition) is 8. The Hall–Kier alpha value is -0.400. The van der Waals surface area contributed by atoms with Crippen LogP contribution in [0.3, 0.4) is 0 Å². The van der Waals surface area contributed by atoms with Gasteiger partial charge in [0.25, 0.3) is 0 Å². The lowest BCUT2D eigenvalue weighted by Gasteiger charge is -2.41. The maximum absolute atomic E-state index is 9.73. The Labute approximate surface area is 120 Å². The van der Waals surface area contributed by atoms with E-state index in [0.29, 0.717) is 0 Å². The molecule has 126 valence electrons. The molecule has 10 heteroatoms. The molecule has 0 spiro atoms. The average molecular weight is 314 g/mol. The van der Waals surface area contributed by atoms with Crippen molar-refractivity contribution in [2.75, 3.05) is 19.8 Å². The summed E-state index contributed by atoms with van der Waals surface area (Å²) in [5.41, 5.74) is 0. The normalized spacial score (nSPS) is 38.0. The molecule has 10 nitrogen and oxygen atoms in total. The van der Waals surface area contributed by atoms with Gasteiger partial charge in [0.05, 0.1) is 19.8 Å². The third-order valence-corrected chi connectivity index (χ3v) is 3.30. The van der Waals surface area contributed by atoms with Gasteiger partial charge in [0, 0.05) is 0 Å². The van der Waals surface area contributed by atoms with Crippen LogP contribution in [0.25, 0.3) is 0 Å². The molecule has 1 saturated heterocycles. The fourth-order valence-electron chi connectivity index (χ4n) is 1.94. The molecule has 0 aromatic carbocycles. The Morgan fingerprint density at radius 2 is 1.52 bits per heavy atom. The van der Waals surface area contributed by atoms with Gasteiger partial charge in [-0.15, -0.1) is 0 Å². The Kier molecular flexibility index (Phi) is 7.36. The molecule has 0 unspecified atom stereocenters. The van der Waals surface area contributed by atoms with Crippen molar-refractivity contribution in [2.24, 2.45) is 0 Å². The fourth-order valence-corrected chi connectivity index (χ4v) is 1.94. The van der Waals surface area contributed by atoms with Crippen molar-refractivity contribution in [3.8, 4) is 0 Å². The van der Waals surface area contributed by atoms with E-state index in [0.717, 1.165) is 0 Å². The molecule has 1 aliphatic rings. The van der Waals surface area contributed by atoms with Crippen LogP contribution in [-0.4, -0.2) is 110 Å². The minimum Gasteiger partial charge on any atom is -0.394 e. The zero-order valence-electron chi connectivity index (χ0n) is 11.1. The van der Waals surface area contributed by atoms with Crippen molar-refractivity contribution < 1.29 is 50.3 Å². The largest absolute Gasteiger partial charge is 0.394 e. The minimum absolute atomic E-state index is 0.656.